The molecule has 2 heterocycles. The van der Waals surface area contributed by atoms with Crippen molar-refractivity contribution in [1.82, 2.24) is 9.78 Å². The molecule has 0 radical (unpaired) electrons. The van der Waals surface area contributed by atoms with Crippen LogP contribution >= 0.6 is 0 Å². The van der Waals surface area contributed by atoms with Crippen molar-refractivity contribution in [1.29, 1.82) is 0 Å². The summed E-state index contributed by atoms with van der Waals surface area (Å²) in [4.78, 5) is 12.0. The maximum absolute atomic E-state index is 12.0. The van der Waals surface area contributed by atoms with Gasteiger partial charge in [0.1, 0.15) is 11.5 Å². The Bertz CT molecular complexity index is 802. The monoisotopic (exact) mass is 255 g/mol. The lowest BCUT2D eigenvalue weighted by atomic mass is 10.1. The third kappa shape index (κ3) is 1.84. The molecule has 0 atom stereocenters. The lowest BCUT2D eigenvalue weighted by molar-refractivity contribution is 0.521. The summed E-state index contributed by atoms with van der Waals surface area (Å²) >= 11 is 0. The number of fused-ring (bicyclic) bond motifs is 1. The van der Waals surface area contributed by atoms with Gasteiger partial charge in [0.2, 0.25) is 0 Å². The summed E-state index contributed by atoms with van der Waals surface area (Å²) in [6.45, 7) is 0.337. The number of aryl methyl sites for hydroxylation is 1. The minimum atomic E-state index is -0.120. The molecule has 0 aliphatic heterocycles. The molecule has 0 bridgehead atoms. The Morgan fingerprint density at radius 1 is 1.21 bits per heavy atom. The summed E-state index contributed by atoms with van der Waals surface area (Å²) in [5, 5.41) is 5.70. The van der Waals surface area contributed by atoms with Crippen LogP contribution in [0.15, 0.2) is 45.6 Å². The zero-order valence-corrected chi connectivity index (χ0v) is 10.5. The molecule has 19 heavy (non-hydrogen) atoms. The molecule has 0 fully saturated rings. The van der Waals surface area contributed by atoms with Gasteiger partial charge >= 0.3 is 0 Å². The fraction of sp³-hybridized carbons (Fsp3) is 0.143. The number of benzene rings is 1. The van der Waals surface area contributed by atoms with Crippen LogP contribution in [0, 0.1) is 0 Å². The van der Waals surface area contributed by atoms with E-state index in [0.29, 0.717) is 29.1 Å². The largest absolute Gasteiger partial charge is 0.458 e. The van der Waals surface area contributed by atoms with Crippen LogP contribution < -0.4 is 11.3 Å². The minimum Gasteiger partial charge on any atom is -0.458 e. The molecule has 5 nitrogen and oxygen atoms in total. The van der Waals surface area contributed by atoms with Crippen LogP contribution in [0.4, 0.5) is 0 Å². The summed E-state index contributed by atoms with van der Waals surface area (Å²) in [6, 6.07) is 11.0. The van der Waals surface area contributed by atoms with Crippen molar-refractivity contribution in [2.75, 3.05) is 0 Å². The summed E-state index contributed by atoms with van der Waals surface area (Å²) in [5.74, 6) is 1.31. The van der Waals surface area contributed by atoms with Gasteiger partial charge in [-0.1, -0.05) is 18.2 Å². The van der Waals surface area contributed by atoms with Crippen molar-refractivity contribution in [3.05, 3.63) is 52.5 Å². The molecule has 0 saturated carbocycles. The second kappa shape index (κ2) is 4.37. The smallest absolute Gasteiger partial charge is 0.274 e. The van der Waals surface area contributed by atoms with E-state index in [2.05, 4.69) is 5.10 Å². The lowest BCUT2D eigenvalue weighted by Crippen LogP contribution is -2.20. The van der Waals surface area contributed by atoms with E-state index in [9.17, 15) is 4.79 Å². The molecule has 1 aromatic carbocycles. The van der Waals surface area contributed by atoms with Crippen molar-refractivity contribution in [2.45, 2.75) is 6.54 Å². The van der Waals surface area contributed by atoms with Gasteiger partial charge in [0.25, 0.3) is 5.56 Å². The molecule has 2 N–H and O–H groups in total. The van der Waals surface area contributed by atoms with Crippen LogP contribution in [0.1, 0.15) is 5.76 Å². The molecule has 2 aromatic heterocycles. The fourth-order valence-electron chi connectivity index (χ4n) is 2.10. The van der Waals surface area contributed by atoms with Gasteiger partial charge in [0.15, 0.2) is 5.76 Å². The zero-order chi connectivity index (χ0) is 13.4. The Hall–Kier alpha value is -2.40. The summed E-state index contributed by atoms with van der Waals surface area (Å²) in [6.07, 6.45) is 0. The Kier molecular flexibility index (Phi) is 2.68. The predicted molar refractivity (Wildman–Crippen MR) is 72.6 cm³/mol. The summed E-state index contributed by atoms with van der Waals surface area (Å²) in [5.41, 5.74) is 6.07. The van der Waals surface area contributed by atoms with Gasteiger partial charge in [-0.2, -0.15) is 5.10 Å². The van der Waals surface area contributed by atoms with Gasteiger partial charge in [-0.15, -0.1) is 0 Å². The fourth-order valence-corrected chi connectivity index (χ4v) is 2.10. The second-order valence-electron chi connectivity index (χ2n) is 4.29. The predicted octanol–water partition coefficient (Wildman–Crippen LogP) is 1.65. The number of hydrogen-bond acceptors (Lipinski definition) is 4. The topological polar surface area (TPSA) is 74.1 Å². The van der Waals surface area contributed by atoms with Gasteiger partial charge in [0, 0.05) is 12.4 Å². The van der Waals surface area contributed by atoms with Gasteiger partial charge in [-0.3, -0.25) is 4.79 Å². The van der Waals surface area contributed by atoms with Crippen molar-refractivity contribution in [3.63, 3.8) is 0 Å². The Morgan fingerprint density at radius 2 is 1.95 bits per heavy atom. The Morgan fingerprint density at radius 3 is 2.63 bits per heavy atom. The van der Waals surface area contributed by atoms with Gasteiger partial charge in [-0.05, 0) is 18.2 Å². The van der Waals surface area contributed by atoms with Gasteiger partial charge in [0.05, 0.1) is 11.9 Å². The van der Waals surface area contributed by atoms with Crippen LogP contribution in [0.2, 0.25) is 0 Å². The third-order valence-electron chi connectivity index (χ3n) is 3.05. The number of hydrogen-bond donors (Lipinski definition) is 1. The molecule has 5 heteroatoms. The molecule has 0 aliphatic carbocycles. The van der Waals surface area contributed by atoms with Gasteiger partial charge < -0.3 is 10.2 Å². The first-order chi connectivity index (χ1) is 9.20. The quantitative estimate of drug-likeness (QED) is 0.755. The first-order valence-corrected chi connectivity index (χ1v) is 5.96. The van der Waals surface area contributed by atoms with E-state index in [-0.39, 0.29) is 5.56 Å². The van der Waals surface area contributed by atoms with E-state index in [1.54, 1.807) is 13.1 Å². The SMILES string of the molecule is Cn1nc(-c2ccc(CN)o2)c2ccccc2c1=O. The molecule has 0 unspecified atom stereocenters. The van der Waals surface area contributed by atoms with Crippen molar-refractivity contribution < 1.29 is 4.42 Å². The Balaban J connectivity index is 2.35. The number of aromatic nitrogens is 2. The Labute approximate surface area is 109 Å². The minimum absolute atomic E-state index is 0.120. The first-order valence-electron chi connectivity index (χ1n) is 5.96. The average Bonchev–Trinajstić information content (AvgIpc) is 2.91. The second-order valence-corrected chi connectivity index (χ2v) is 4.29. The van der Waals surface area contributed by atoms with Crippen LogP contribution in [-0.4, -0.2) is 9.78 Å². The summed E-state index contributed by atoms with van der Waals surface area (Å²) in [7, 11) is 1.63. The summed E-state index contributed by atoms with van der Waals surface area (Å²) < 4.78 is 6.94. The highest BCUT2D eigenvalue weighted by molar-refractivity contribution is 5.92. The number of nitrogens with two attached hydrogens (primary N) is 1. The molecule has 96 valence electrons. The average molecular weight is 255 g/mol. The van der Waals surface area contributed by atoms with Crippen LogP contribution in [0.5, 0.6) is 0 Å². The number of nitrogens with zero attached hydrogens (tertiary/aromatic N) is 2. The van der Waals surface area contributed by atoms with Crippen LogP contribution in [0.25, 0.3) is 22.2 Å². The van der Waals surface area contributed by atoms with E-state index >= 15 is 0 Å². The number of furan rings is 1. The van der Waals surface area contributed by atoms with E-state index in [1.165, 1.54) is 4.68 Å². The van der Waals surface area contributed by atoms with Crippen LogP contribution in [0.3, 0.4) is 0 Å². The molecule has 3 rings (SSSR count). The van der Waals surface area contributed by atoms with E-state index in [4.69, 9.17) is 10.2 Å². The van der Waals surface area contributed by atoms with Crippen molar-refractivity contribution >= 4 is 10.8 Å². The molecular weight excluding hydrogens is 242 g/mol. The third-order valence-corrected chi connectivity index (χ3v) is 3.05. The molecular formula is C14H13N3O2. The zero-order valence-electron chi connectivity index (χ0n) is 10.5. The van der Waals surface area contributed by atoms with E-state index < -0.39 is 0 Å². The first kappa shape index (κ1) is 11.7. The van der Waals surface area contributed by atoms with E-state index in [1.807, 2.05) is 30.3 Å². The maximum atomic E-state index is 12.0. The highest BCUT2D eigenvalue weighted by Gasteiger charge is 2.13. The lowest BCUT2D eigenvalue weighted by Gasteiger charge is -2.05. The highest BCUT2D eigenvalue weighted by atomic mass is 16.3. The van der Waals surface area contributed by atoms with E-state index in [0.717, 1.165) is 5.39 Å². The highest BCUT2D eigenvalue weighted by Crippen LogP contribution is 2.26. The van der Waals surface area contributed by atoms with Crippen molar-refractivity contribution in [3.8, 4) is 11.5 Å². The van der Waals surface area contributed by atoms with Gasteiger partial charge in [-0.25, -0.2) is 4.68 Å². The number of rotatable bonds is 2. The standard InChI is InChI=1S/C14H13N3O2/c1-17-14(18)11-5-3-2-4-10(11)13(16-17)12-7-6-9(8-15)19-12/h2-7H,8,15H2,1H3. The molecule has 0 aliphatic rings. The molecule has 0 amide bonds. The molecule has 0 spiro atoms. The molecule has 0 saturated heterocycles. The van der Waals surface area contributed by atoms with Crippen LogP contribution in [-0.2, 0) is 13.6 Å². The maximum Gasteiger partial charge on any atom is 0.274 e. The molecule has 3 aromatic rings. The van der Waals surface area contributed by atoms with Crippen molar-refractivity contribution in [2.24, 2.45) is 12.8 Å². The normalized spacial score (nSPS) is 11.1.